The molecule has 0 saturated heterocycles. The highest BCUT2D eigenvalue weighted by molar-refractivity contribution is 5.71. The van der Waals surface area contributed by atoms with E-state index in [4.69, 9.17) is 0 Å². The van der Waals surface area contributed by atoms with Crippen LogP contribution in [-0.4, -0.2) is 5.11 Å². The van der Waals surface area contributed by atoms with Crippen LogP contribution in [0.5, 0.6) is 5.75 Å². The minimum absolute atomic E-state index is 0.00449. The molecule has 0 atom stereocenters. The first-order valence-electron chi connectivity index (χ1n) is 7.22. The van der Waals surface area contributed by atoms with E-state index in [-0.39, 0.29) is 16.9 Å². The minimum Gasteiger partial charge on any atom is -0.508 e. The first-order chi connectivity index (χ1) is 11.8. The van der Waals surface area contributed by atoms with Crippen LogP contribution in [0.3, 0.4) is 0 Å². The average Bonchev–Trinajstić information content (AvgIpc) is 2.54. The maximum absolute atomic E-state index is 14.4. The summed E-state index contributed by atoms with van der Waals surface area (Å²) < 4.78 is 65.9. The van der Waals surface area contributed by atoms with Crippen molar-refractivity contribution in [3.05, 3.63) is 77.9 Å². The fourth-order valence-corrected chi connectivity index (χ4v) is 2.50. The van der Waals surface area contributed by atoms with Gasteiger partial charge in [-0.3, -0.25) is 0 Å². The van der Waals surface area contributed by atoms with Crippen molar-refractivity contribution in [3.63, 3.8) is 0 Å². The number of aromatic hydroxyl groups is 1. The molecular weight excluding hydrogens is 339 g/mol. The zero-order chi connectivity index (χ0) is 18.2. The van der Waals surface area contributed by atoms with Crippen LogP contribution in [0.2, 0.25) is 0 Å². The van der Waals surface area contributed by atoms with Crippen molar-refractivity contribution in [1.29, 1.82) is 0 Å². The summed E-state index contributed by atoms with van der Waals surface area (Å²) in [5.74, 6) is -2.07. The van der Waals surface area contributed by atoms with Crippen molar-refractivity contribution in [1.82, 2.24) is 0 Å². The van der Waals surface area contributed by atoms with E-state index in [1.54, 1.807) is 18.2 Å². The normalized spacial score (nSPS) is 11.6. The van der Waals surface area contributed by atoms with E-state index >= 15 is 0 Å². The van der Waals surface area contributed by atoms with Crippen LogP contribution >= 0.6 is 0 Å². The molecule has 1 N–H and O–H groups in total. The Morgan fingerprint density at radius 1 is 0.640 bits per heavy atom. The number of hydrogen-bond acceptors (Lipinski definition) is 1. The molecule has 3 aromatic carbocycles. The van der Waals surface area contributed by atoms with Crippen molar-refractivity contribution < 1.29 is 27.1 Å². The van der Waals surface area contributed by atoms with Crippen LogP contribution in [-0.2, 0) is 6.18 Å². The predicted molar refractivity (Wildman–Crippen MR) is 83.9 cm³/mol. The zero-order valence-electron chi connectivity index (χ0n) is 12.6. The van der Waals surface area contributed by atoms with Crippen molar-refractivity contribution >= 4 is 0 Å². The number of hydrogen-bond donors (Lipinski definition) is 1. The Hall–Kier alpha value is -2.89. The number of alkyl halides is 3. The van der Waals surface area contributed by atoms with Gasteiger partial charge in [-0.05, 0) is 47.0 Å². The Morgan fingerprint density at radius 2 is 1.20 bits per heavy atom. The van der Waals surface area contributed by atoms with Gasteiger partial charge >= 0.3 is 6.18 Å². The lowest BCUT2D eigenvalue weighted by atomic mass is 9.98. The Kier molecular flexibility index (Phi) is 4.20. The number of halogens is 5. The van der Waals surface area contributed by atoms with E-state index in [1.165, 1.54) is 24.3 Å². The molecule has 0 fully saturated rings. The maximum Gasteiger partial charge on any atom is 0.419 e. The van der Waals surface area contributed by atoms with Gasteiger partial charge in [0.1, 0.15) is 17.4 Å². The standard InChI is InChI=1S/C19H11F5O/c20-17-9-12(11-1-5-14(25)6-2-11)3-7-15(17)13-4-8-16(18(21)10-13)19(22,23)24/h1-10,25H. The highest BCUT2D eigenvalue weighted by atomic mass is 19.4. The van der Waals surface area contributed by atoms with Gasteiger partial charge in [0.15, 0.2) is 0 Å². The van der Waals surface area contributed by atoms with Crippen LogP contribution in [0.25, 0.3) is 22.3 Å². The Morgan fingerprint density at radius 3 is 1.76 bits per heavy atom. The Bertz CT molecular complexity index is 914. The lowest BCUT2D eigenvalue weighted by Crippen LogP contribution is -2.07. The van der Waals surface area contributed by atoms with Crippen molar-refractivity contribution in [2.75, 3.05) is 0 Å². The largest absolute Gasteiger partial charge is 0.508 e. The molecule has 6 heteroatoms. The third-order valence-electron chi connectivity index (χ3n) is 3.76. The summed E-state index contributed by atoms with van der Waals surface area (Å²) in [7, 11) is 0. The van der Waals surface area contributed by atoms with E-state index in [0.717, 1.165) is 6.07 Å². The summed E-state index contributed by atoms with van der Waals surface area (Å²) in [6, 6.07) is 12.5. The van der Waals surface area contributed by atoms with Gasteiger partial charge in [0, 0.05) is 5.56 Å². The molecule has 0 aliphatic heterocycles. The minimum atomic E-state index is -4.80. The van der Waals surface area contributed by atoms with Crippen molar-refractivity contribution in [3.8, 4) is 28.0 Å². The summed E-state index contributed by atoms with van der Waals surface area (Å²) in [6.07, 6.45) is -4.80. The molecule has 3 rings (SSSR count). The SMILES string of the molecule is Oc1ccc(-c2ccc(-c3ccc(C(F)(F)F)c(F)c3)c(F)c2)cc1. The topological polar surface area (TPSA) is 20.2 Å². The molecule has 0 bridgehead atoms. The number of phenols is 1. The van der Waals surface area contributed by atoms with Gasteiger partial charge < -0.3 is 5.11 Å². The van der Waals surface area contributed by atoms with Crippen LogP contribution < -0.4 is 0 Å². The highest BCUT2D eigenvalue weighted by Gasteiger charge is 2.34. The fourth-order valence-electron chi connectivity index (χ4n) is 2.50. The first kappa shape index (κ1) is 17.0. The molecule has 0 radical (unpaired) electrons. The summed E-state index contributed by atoms with van der Waals surface area (Å²) in [6.45, 7) is 0. The summed E-state index contributed by atoms with van der Waals surface area (Å²) >= 11 is 0. The third-order valence-corrected chi connectivity index (χ3v) is 3.76. The van der Waals surface area contributed by atoms with Crippen molar-refractivity contribution in [2.24, 2.45) is 0 Å². The lowest BCUT2D eigenvalue weighted by molar-refractivity contribution is -0.139. The van der Waals surface area contributed by atoms with E-state index < -0.39 is 23.4 Å². The molecule has 0 aromatic heterocycles. The molecule has 1 nitrogen and oxygen atoms in total. The molecule has 25 heavy (non-hydrogen) atoms. The molecule has 128 valence electrons. The van der Waals surface area contributed by atoms with Crippen LogP contribution in [0.1, 0.15) is 5.56 Å². The molecule has 0 unspecified atom stereocenters. The second kappa shape index (κ2) is 6.20. The quantitative estimate of drug-likeness (QED) is 0.560. The Labute approximate surface area is 140 Å². The number of rotatable bonds is 2. The number of phenolic OH excluding ortho intramolecular Hbond substituents is 1. The fraction of sp³-hybridized carbons (Fsp3) is 0.0526. The van der Waals surface area contributed by atoms with Gasteiger partial charge in [-0.1, -0.05) is 30.3 Å². The maximum atomic E-state index is 14.4. The molecule has 0 heterocycles. The van der Waals surface area contributed by atoms with Gasteiger partial charge in [0.2, 0.25) is 0 Å². The van der Waals surface area contributed by atoms with Crippen LogP contribution in [0, 0.1) is 11.6 Å². The molecule has 3 aromatic rings. The monoisotopic (exact) mass is 350 g/mol. The zero-order valence-corrected chi connectivity index (χ0v) is 12.6. The Balaban J connectivity index is 1.99. The van der Waals surface area contributed by atoms with E-state index in [1.807, 2.05) is 0 Å². The highest BCUT2D eigenvalue weighted by Crippen LogP contribution is 2.35. The van der Waals surface area contributed by atoms with Gasteiger partial charge in [0.25, 0.3) is 0 Å². The van der Waals surface area contributed by atoms with E-state index in [2.05, 4.69) is 0 Å². The molecule has 0 aliphatic rings. The smallest absolute Gasteiger partial charge is 0.419 e. The first-order valence-corrected chi connectivity index (χ1v) is 7.22. The van der Waals surface area contributed by atoms with Crippen LogP contribution in [0.4, 0.5) is 22.0 Å². The van der Waals surface area contributed by atoms with Gasteiger partial charge in [-0.25, -0.2) is 8.78 Å². The predicted octanol–water partition coefficient (Wildman–Crippen LogP) is 6.02. The van der Waals surface area contributed by atoms with Crippen LogP contribution in [0.15, 0.2) is 60.7 Å². The molecule has 0 aliphatic carbocycles. The molecular formula is C19H11F5O. The molecule has 0 amide bonds. The summed E-state index contributed by atoms with van der Waals surface area (Å²) in [4.78, 5) is 0. The van der Waals surface area contributed by atoms with E-state index in [9.17, 15) is 27.1 Å². The number of benzene rings is 3. The van der Waals surface area contributed by atoms with E-state index in [0.29, 0.717) is 23.3 Å². The van der Waals surface area contributed by atoms with Crippen molar-refractivity contribution in [2.45, 2.75) is 6.18 Å². The second-order valence-electron chi connectivity index (χ2n) is 5.43. The summed E-state index contributed by atoms with van der Waals surface area (Å²) in [5, 5.41) is 9.27. The molecule has 0 saturated carbocycles. The summed E-state index contributed by atoms with van der Waals surface area (Å²) in [5.41, 5.74) is -0.205. The van der Waals surface area contributed by atoms with Gasteiger partial charge in [-0.2, -0.15) is 13.2 Å². The second-order valence-corrected chi connectivity index (χ2v) is 5.43. The lowest BCUT2D eigenvalue weighted by Gasteiger charge is -2.11. The van der Waals surface area contributed by atoms with Gasteiger partial charge in [0.05, 0.1) is 5.56 Å². The average molecular weight is 350 g/mol. The van der Waals surface area contributed by atoms with Gasteiger partial charge in [-0.15, -0.1) is 0 Å². The third kappa shape index (κ3) is 3.47. The molecule has 0 spiro atoms.